The molecule has 3 heteroatoms. The van der Waals surface area contributed by atoms with E-state index in [-0.39, 0.29) is 6.04 Å². The van der Waals surface area contributed by atoms with E-state index in [0.29, 0.717) is 10.0 Å². The van der Waals surface area contributed by atoms with Gasteiger partial charge in [0.2, 0.25) is 0 Å². The number of hydrogen-bond donors (Lipinski definition) is 1. The zero-order valence-electron chi connectivity index (χ0n) is 12.0. The average molecular weight is 308 g/mol. The summed E-state index contributed by atoms with van der Waals surface area (Å²) in [6, 6.07) is 12.2. The predicted molar refractivity (Wildman–Crippen MR) is 87.9 cm³/mol. The summed E-state index contributed by atoms with van der Waals surface area (Å²) in [7, 11) is 0. The van der Waals surface area contributed by atoms with Gasteiger partial charge in [-0.3, -0.25) is 0 Å². The SMILES string of the molecule is CCNC(c1cccc(C)c1C)c1cccc(Cl)c1Cl. The van der Waals surface area contributed by atoms with Gasteiger partial charge in [0.1, 0.15) is 0 Å². The van der Waals surface area contributed by atoms with Crippen LogP contribution in [-0.2, 0) is 0 Å². The molecule has 1 unspecified atom stereocenters. The molecule has 0 bridgehead atoms. The van der Waals surface area contributed by atoms with Gasteiger partial charge in [0.05, 0.1) is 16.1 Å². The smallest absolute Gasteiger partial charge is 0.0643 e. The highest BCUT2D eigenvalue weighted by Crippen LogP contribution is 2.34. The van der Waals surface area contributed by atoms with Gasteiger partial charge < -0.3 is 5.32 Å². The zero-order valence-corrected chi connectivity index (χ0v) is 13.5. The molecule has 0 aliphatic heterocycles. The number of rotatable bonds is 4. The van der Waals surface area contributed by atoms with Crippen LogP contribution >= 0.6 is 23.2 Å². The van der Waals surface area contributed by atoms with Gasteiger partial charge in [-0.15, -0.1) is 0 Å². The first-order valence-electron chi connectivity index (χ1n) is 6.79. The Hall–Kier alpha value is -1.02. The summed E-state index contributed by atoms with van der Waals surface area (Å²) < 4.78 is 0. The van der Waals surface area contributed by atoms with Crippen molar-refractivity contribution in [1.82, 2.24) is 5.32 Å². The molecule has 2 aromatic carbocycles. The van der Waals surface area contributed by atoms with E-state index in [1.165, 1.54) is 16.7 Å². The summed E-state index contributed by atoms with van der Waals surface area (Å²) in [4.78, 5) is 0. The molecule has 0 heterocycles. The zero-order chi connectivity index (χ0) is 14.7. The minimum atomic E-state index is 0.0612. The van der Waals surface area contributed by atoms with Gasteiger partial charge in [0.25, 0.3) is 0 Å². The minimum Gasteiger partial charge on any atom is -0.306 e. The largest absolute Gasteiger partial charge is 0.306 e. The van der Waals surface area contributed by atoms with Crippen LogP contribution in [0.15, 0.2) is 36.4 Å². The lowest BCUT2D eigenvalue weighted by atomic mass is 9.92. The maximum atomic E-state index is 6.39. The van der Waals surface area contributed by atoms with Crippen LogP contribution in [0.3, 0.4) is 0 Å². The molecule has 0 aliphatic rings. The van der Waals surface area contributed by atoms with E-state index in [4.69, 9.17) is 23.2 Å². The quantitative estimate of drug-likeness (QED) is 0.807. The summed E-state index contributed by atoms with van der Waals surface area (Å²) in [5, 5.41) is 4.73. The lowest BCUT2D eigenvalue weighted by Gasteiger charge is -2.23. The Balaban J connectivity index is 2.56. The molecule has 0 amide bonds. The lowest BCUT2D eigenvalue weighted by Crippen LogP contribution is -2.23. The summed E-state index contributed by atoms with van der Waals surface area (Å²) >= 11 is 12.6. The number of aryl methyl sites for hydroxylation is 1. The molecule has 1 nitrogen and oxygen atoms in total. The fourth-order valence-corrected chi connectivity index (χ4v) is 2.84. The van der Waals surface area contributed by atoms with E-state index in [1.807, 2.05) is 18.2 Å². The highest BCUT2D eigenvalue weighted by atomic mass is 35.5. The van der Waals surface area contributed by atoms with Crippen molar-refractivity contribution in [1.29, 1.82) is 0 Å². The van der Waals surface area contributed by atoms with Crippen molar-refractivity contribution in [2.75, 3.05) is 6.54 Å². The molecule has 0 saturated heterocycles. The van der Waals surface area contributed by atoms with Crippen molar-refractivity contribution in [3.05, 3.63) is 68.7 Å². The molecule has 2 aromatic rings. The topological polar surface area (TPSA) is 12.0 Å². The third-order valence-electron chi connectivity index (χ3n) is 3.66. The van der Waals surface area contributed by atoms with Crippen molar-refractivity contribution in [3.63, 3.8) is 0 Å². The molecular formula is C17H19Cl2N. The first-order valence-corrected chi connectivity index (χ1v) is 7.55. The number of nitrogens with one attached hydrogen (secondary N) is 1. The standard InChI is InChI=1S/C17H19Cl2N/c1-4-20-17(13-8-5-7-11(2)12(13)3)14-9-6-10-15(18)16(14)19/h5-10,17,20H,4H2,1-3H3. The Morgan fingerprint density at radius 2 is 1.65 bits per heavy atom. The Morgan fingerprint density at radius 1 is 1.00 bits per heavy atom. The van der Waals surface area contributed by atoms with Crippen molar-refractivity contribution >= 4 is 23.2 Å². The first kappa shape index (κ1) is 15.4. The van der Waals surface area contributed by atoms with E-state index in [9.17, 15) is 0 Å². The van der Waals surface area contributed by atoms with Crippen LogP contribution in [0.4, 0.5) is 0 Å². The molecule has 0 aliphatic carbocycles. The Kier molecular flexibility index (Phi) is 5.09. The van der Waals surface area contributed by atoms with Crippen molar-refractivity contribution in [3.8, 4) is 0 Å². The molecule has 2 rings (SSSR count). The van der Waals surface area contributed by atoms with Crippen LogP contribution in [0, 0.1) is 13.8 Å². The normalized spacial score (nSPS) is 12.4. The predicted octanol–water partition coefficient (Wildman–Crippen LogP) is 5.31. The molecule has 0 fully saturated rings. The van der Waals surface area contributed by atoms with Gasteiger partial charge in [0.15, 0.2) is 0 Å². The number of hydrogen-bond acceptors (Lipinski definition) is 1. The van der Waals surface area contributed by atoms with Gasteiger partial charge in [-0.1, -0.05) is 60.5 Å². The average Bonchev–Trinajstić information content (AvgIpc) is 2.43. The van der Waals surface area contributed by atoms with Gasteiger partial charge in [-0.2, -0.15) is 0 Å². The molecule has 106 valence electrons. The second-order valence-corrected chi connectivity index (χ2v) is 5.71. The molecule has 0 aromatic heterocycles. The molecule has 1 atom stereocenters. The van der Waals surface area contributed by atoms with E-state index in [1.54, 1.807) is 0 Å². The number of halogens is 2. The molecule has 0 saturated carbocycles. The Morgan fingerprint density at radius 3 is 2.35 bits per heavy atom. The third-order valence-corrected chi connectivity index (χ3v) is 4.49. The highest BCUT2D eigenvalue weighted by molar-refractivity contribution is 6.42. The van der Waals surface area contributed by atoms with Gasteiger partial charge in [0, 0.05) is 0 Å². The summed E-state index contributed by atoms with van der Waals surface area (Å²) in [6.07, 6.45) is 0. The highest BCUT2D eigenvalue weighted by Gasteiger charge is 2.19. The van der Waals surface area contributed by atoms with Crippen molar-refractivity contribution < 1.29 is 0 Å². The Labute approximate surface area is 130 Å². The Bertz CT molecular complexity index is 556. The summed E-state index contributed by atoms with van der Waals surface area (Å²) in [5.41, 5.74) is 4.84. The van der Waals surface area contributed by atoms with Gasteiger partial charge in [-0.05, 0) is 48.7 Å². The molecule has 0 radical (unpaired) electrons. The summed E-state index contributed by atoms with van der Waals surface area (Å²) in [5.74, 6) is 0. The fraction of sp³-hybridized carbons (Fsp3) is 0.294. The second-order valence-electron chi connectivity index (χ2n) is 4.92. The van der Waals surface area contributed by atoms with E-state index < -0.39 is 0 Å². The van der Waals surface area contributed by atoms with E-state index >= 15 is 0 Å². The van der Waals surface area contributed by atoms with Crippen molar-refractivity contribution in [2.24, 2.45) is 0 Å². The lowest BCUT2D eigenvalue weighted by molar-refractivity contribution is 0.627. The van der Waals surface area contributed by atoms with Crippen LogP contribution < -0.4 is 5.32 Å². The molecule has 20 heavy (non-hydrogen) atoms. The number of benzene rings is 2. The molecule has 0 spiro atoms. The fourth-order valence-electron chi connectivity index (χ4n) is 2.42. The minimum absolute atomic E-state index is 0.0612. The van der Waals surface area contributed by atoms with Crippen LogP contribution in [0.2, 0.25) is 10.0 Å². The van der Waals surface area contributed by atoms with Gasteiger partial charge in [-0.25, -0.2) is 0 Å². The summed E-state index contributed by atoms with van der Waals surface area (Å²) in [6.45, 7) is 7.23. The molecule has 1 N–H and O–H groups in total. The first-order chi connectivity index (χ1) is 9.56. The third kappa shape index (κ3) is 3.01. The van der Waals surface area contributed by atoms with Crippen molar-refractivity contribution in [2.45, 2.75) is 26.8 Å². The molecular weight excluding hydrogens is 289 g/mol. The maximum Gasteiger partial charge on any atom is 0.0643 e. The van der Waals surface area contributed by atoms with Crippen LogP contribution in [0.5, 0.6) is 0 Å². The maximum absolute atomic E-state index is 6.39. The van der Waals surface area contributed by atoms with Crippen LogP contribution in [0.25, 0.3) is 0 Å². The second kappa shape index (κ2) is 6.62. The van der Waals surface area contributed by atoms with E-state index in [2.05, 4.69) is 44.3 Å². The van der Waals surface area contributed by atoms with E-state index in [0.717, 1.165) is 12.1 Å². The van der Waals surface area contributed by atoms with Crippen LogP contribution in [0.1, 0.15) is 35.2 Å². The van der Waals surface area contributed by atoms with Crippen LogP contribution in [-0.4, -0.2) is 6.54 Å². The monoisotopic (exact) mass is 307 g/mol. The van der Waals surface area contributed by atoms with Gasteiger partial charge >= 0.3 is 0 Å².